The Morgan fingerprint density at radius 3 is 3.00 bits per heavy atom. The van der Waals surface area contributed by atoms with E-state index in [-0.39, 0.29) is 0 Å². The summed E-state index contributed by atoms with van der Waals surface area (Å²) in [5.41, 5.74) is 1.06. The number of carbonyl (C=O) groups is 1. The molecule has 0 fully saturated rings. The number of hydrogen-bond donors (Lipinski definition) is 0. The zero-order valence-corrected chi connectivity index (χ0v) is 13.2. The van der Waals surface area contributed by atoms with Crippen LogP contribution in [-0.4, -0.2) is 39.1 Å². The Bertz CT molecular complexity index is 552. The van der Waals surface area contributed by atoms with Gasteiger partial charge in [-0.2, -0.15) is 11.8 Å². The summed E-state index contributed by atoms with van der Waals surface area (Å²) in [6, 6.07) is 3.92. The third kappa shape index (κ3) is 3.40. The van der Waals surface area contributed by atoms with E-state index in [0.717, 1.165) is 28.6 Å². The average Bonchev–Trinajstić information content (AvgIpc) is 3.07. The zero-order valence-electron chi connectivity index (χ0n) is 11.5. The smallest absolute Gasteiger partial charge is 0.361 e. The summed E-state index contributed by atoms with van der Waals surface area (Å²) in [6.07, 6.45) is 0. The molecule has 0 aromatic carbocycles. The maximum atomic E-state index is 12.0. The number of hydrogen-bond acceptors (Lipinski definition) is 6. The Morgan fingerprint density at radius 2 is 2.35 bits per heavy atom. The van der Waals surface area contributed by atoms with Crippen LogP contribution >= 0.6 is 23.1 Å². The van der Waals surface area contributed by atoms with Crippen LogP contribution in [0.2, 0.25) is 0 Å². The van der Waals surface area contributed by atoms with Crippen molar-refractivity contribution in [2.45, 2.75) is 20.4 Å². The van der Waals surface area contributed by atoms with Crippen LogP contribution in [0.25, 0.3) is 10.6 Å². The molecule has 20 heavy (non-hydrogen) atoms. The molecule has 2 rings (SSSR count). The van der Waals surface area contributed by atoms with Gasteiger partial charge in [-0.3, -0.25) is 0 Å². The van der Waals surface area contributed by atoms with Crippen molar-refractivity contribution in [1.29, 1.82) is 0 Å². The number of nitrogens with zero attached hydrogens (tertiary/aromatic N) is 3. The first-order valence-corrected chi connectivity index (χ1v) is 8.53. The molecule has 0 spiro atoms. The Morgan fingerprint density at radius 1 is 1.50 bits per heavy atom. The first-order chi connectivity index (χ1) is 9.77. The molecule has 0 aliphatic carbocycles. The van der Waals surface area contributed by atoms with Crippen LogP contribution in [-0.2, 0) is 11.3 Å². The lowest BCUT2D eigenvalue weighted by molar-refractivity contribution is 0.0520. The second-order valence-electron chi connectivity index (χ2n) is 3.90. The summed E-state index contributed by atoms with van der Waals surface area (Å²) in [4.78, 5) is 13.0. The molecular weight excluding hydrogens is 294 g/mol. The van der Waals surface area contributed by atoms with Crippen molar-refractivity contribution in [2.75, 3.05) is 18.1 Å². The Balaban J connectivity index is 2.31. The molecule has 5 nitrogen and oxygen atoms in total. The molecule has 108 valence electrons. The second-order valence-corrected chi connectivity index (χ2v) is 6.25. The normalized spacial score (nSPS) is 10.7. The van der Waals surface area contributed by atoms with Crippen molar-refractivity contribution >= 4 is 29.1 Å². The van der Waals surface area contributed by atoms with Gasteiger partial charge in [0.2, 0.25) is 0 Å². The van der Waals surface area contributed by atoms with Crippen LogP contribution in [0.4, 0.5) is 0 Å². The summed E-state index contributed by atoms with van der Waals surface area (Å²) in [7, 11) is 0. The number of rotatable bonds is 7. The minimum atomic E-state index is -0.412. The fraction of sp³-hybridized carbons (Fsp3) is 0.462. The number of aryl methyl sites for hydroxylation is 1. The Kier molecular flexibility index (Phi) is 5.60. The monoisotopic (exact) mass is 311 g/mol. The van der Waals surface area contributed by atoms with E-state index in [4.69, 9.17) is 4.74 Å². The summed E-state index contributed by atoms with van der Waals surface area (Å²) < 4.78 is 6.84. The largest absolute Gasteiger partial charge is 0.461 e. The molecule has 2 heterocycles. The van der Waals surface area contributed by atoms with E-state index in [0.29, 0.717) is 12.3 Å². The number of esters is 1. The molecule has 0 bridgehead atoms. The van der Waals surface area contributed by atoms with Crippen molar-refractivity contribution < 1.29 is 9.53 Å². The molecule has 0 atom stereocenters. The van der Waals surface area contributed by atoms with E-state index >= 15 is 0 Å². The first-order valence-electron chi connectivity index (χ1n) is 6.50. The van der Waals surface area contributed by atoms with Gasteiger partial charge in [0.15, 0.2) is 5.69 Å². The van der Waals surface area contributed by atoms with Gasteiger partial charge in [0, 0.05) is 5.75 Å². The highest BCUT2D eigenvalue weighted by Crippen LogP contribution is 2.27. The van der Waals surface area contributed by atoms with Crippen LogP contribution in [0.1, 0.15) is 24.3 Å². The maximum absolute atomic E-state index is 12.0. The Hall–Kier alpha value is -1.34. The lowest BCUT2D eigenvalue weighted by atomic mass is 10.2. The number of aromatic nitrogens is 3. The lowest BCUT2D eigenvalue weighted by Crippen LogP contribution is -2.08. The molecule has 0 saturated heterocycles. The van der Waals surface area contributed by atoms with Crippen LogP contribution in [0, 0.1) is 0 Å². The molecule has 0 unspecified atom stereocenters. The van der Waals surface area contributed by atoms with Gasteiger partial charge in [-0.05, 0) is 24.1 Å². The van der Waals surface area contributed by atoms with Crippen LogP contribution in [0.5, 0.6) is 0 Å². The van der Waals surface area contributed by atoms with E-state index in [1.165, 1.54) is 0 Å². The van der Waals surface area contributed by atoms with E-state index in [1.54, 1.807) is 22.9 Å². The fourth-order valence-corrected chi connectivity index (χ4v) is 3.12. The zero-order chi connectivity index (χ0) is 14.4. The molecule has 0 aliphatic rings. The molecule has 7 heteroatoms. The highest BCUT2D eigenvalue weighted by atomic mass is 32.2. The lowest BCUT2D eigenvalue weighted by Gasteiger charge is -2.05. The van der Waals surface area contributed by atoms with Gasteiger partial charge >= 0.3 is 5.97 Å². The summed E-state index contributed by atoms with van der Waals surface area (Å²) in [5, 5.41) is 10.1. The minimum Gasteiger partial charge on any atom is -0.461 e. The molecular formula is C13H17N3O2S2. The van der Waals surface area contributed by atoms with Gasteiger partial charge in [-0.25, -0.2) is 9.48 Å². The maximum Gasteiger partial charge on any atom is 0.361 e. The van der Waals surface area contributed by atoms with Crippen molar-refractivity contribution in [2.24, 2.45) is 0 Å². The quantitative estimate of drug-likeness (QED) is 0.581. The molecule has 0 aliphatic heterocycles. The van der Waals surface area contributed by atoms with Crippen molar-refractivity contribution in [1.82, 2.24) is 15.0 Å². The standard InChI is InChI=1S/C13H17N3O2S2/c1-3-18-13(17)11-12(10-6-5-8-20-10)16(15-14-11)7-9-19-4-2/h5-6,8H,3-4,7,9H2,1-2H3. The third-order valence-corrected chi connectivity index (χ3v) is 4.37. The second kappa shape index (κ2) is 7.44. The first kappa shape index (κ1) is 15.1. The molecule has 2 aromatic heterocycles. The van der Waals surface area contributed by atoms with Crippen LogP contribution < -0.4 is 0 Å². The van der Waals surface area contributed by atoms with E-state index < -0.39 is 5.97 Å². The van der Waals surface area contributed by atoms with E-state index in [1.807, 2.05) is 29.3 Å². The molecule has 0 amide bonds. The minimum absolute atomic E-state index is 0.302. The predicted molar refractivity (Wildman–Crippen MR) is 82.3 cm³/mol. The van der Waals surface area contributed by atoms with Gasteiger partial charge in [-0.15, -0.1) is 16.4 Å². The van der Waals surface area contributed by atoms with Crippen LogP contribution in [0.15, 0.2) is 17.5 Å². The van der Waals surface area contributed by atoms with E-state index in [9.17, 15) is 4.79 Å². The number of ether oxygens (including phenoxy) is 1. The number of carbonyl (C=O) groups excluding carboxylic acids is 1. The highest BCUT2D eigenvalue weighted by molar-refractivity contribution is 7.99. The van der Waals surface area contributed by atoms with Gasteiger partial charge in [-0.1, -0.05) is 18.2 Å². The summed E-state index contributed by atoms with van der Waals surface area (Å²) in [6.45, 7) is 4.97. The van der Waals surface area contributed by atoms with Crippen molar-refractivity contribution in [3.63, 3.8) is 0 Å². The fourth-order valence-electron chi connectivity index (χ4n) is 1.76. The predicted octanol–water partition coefficient (Wildman–Crippen LogP) is 2.94. The van der Waals surface area contributed by atoms with Gasteiger partial charge in [0.25, 0.3) is 0 Å². The molecule has 0 N–H and O–H groups in total. The number of thioether (sulfide) groups is 1. The third-order valence-electron chi connectivity index (χ3n) is 2.61. The van der Waals surface area contributed by atoms with Crippen molar-refractivity contribution in [3.05, 3.63) is 23.2 Å². The van der Waals surface area contributed by atoms with Gasteiger partial charge in [0.1, 0.15) is 5.69 Å². The molecule has 0 radical (unpaired) electrons. The molecule has 0 saturated carbocycles. The highest BCUT2D eigenvalue weighted by Gasteiger charge is 2.22. The number of thiophene rings is 1. The summed E-state index contributed by atoms with van der Waals surface area (Å²) in [5.74, 6) is 1.60. The van der Waals surface area contributed by atoms with Crippen LogP contribution in [0.3, 0.4) is 0 Å². The Labute approximate surface area is 126 Å². The van der Waals surface area contributed by atoms with Gasteiger partial charge in [0.05, 0.1) is 18.0 Å². The molecule has 2 aromatic rings. The van der Waals surface area contributed by atoms with Gasteiger partial charge < -0.3 is 4.74 Å². The summed E-state index contributed by atoms with van der Waals surface area (Å²) >= 11 is 3.40. The van der Waals surface area contributed by atoms with E-state index in [2.05, 4.69) is 17.2 Å². The average molecular weight is 311 g/mol. The topological polar surface area (TPSA) is 57.0 Å². The SMILES string of the molecule is CCOC(=O)c1nnn(CCSCC)c1-c1cccs1. The van der Waals surface area contributed by atoms with Crippen molar-refractivity contribution in [3.8, 4) is 10.6 Å².